The second-order valence-corrected chi connectivity index (χ2v) is 4.99. The smallest absolute Gasteiger partial charge is 0.295 e. The van der Waals surface area contributed by atoms with Crippen molar-refractivity contribution in [3.05, 3.63) is 34.2 Å². The molecule has 7 nitrogen and oxygen atoms in total. The number of nitrogens with zero attached hydrogens (tertiary/aromatic N) is 3. The maximum absolute atomic E-state index is 12.4. The van der Waals surface area contributed by atoms with Crippen LogP contribution in [0.2, 0.25) is 0 Å². The zero-order chi connectivity index (χ0) is 15.1. The van der Waals surface area contributed by atoms with E-state index >= 15 is 0 Å². The molecule has 1 aromatic heterocycles. The molecule has 1 atom stereocenters. The molecule has 0 radical (unpaired) electrons. The molecule has 0 bridgehead atoms. The summed E-state index contributed by atoms with van der Waals surface area (Å²) in [5.74, 6) is -0.790. The van der Waals surface area contributed by atoms with E-state index in [1.54, 1.807) is 25.2 Å². The standard InChI is InChI=1S/C14H12N4O3/c1-17-11-6-8(7-15)2-3-9(11)18(14(17)21)10-4-5-12(19)16-13(10)20/h2-3,6,10H,4-5H2,1H3,(H,16,19,20). The molecule has 0 saturated carbocycles. The van der Waals surface area contributed by atoms with Gasteiger partial charge in [-0.1, -0.05) is 0 Å². The number of rotatable bonds is 1. The highest BCUT2D eigenvalue weighted by Gasteiger charge is 2.31. The summed E-state index contributed by atoms with van der Waals surface area (Å²) in [6.07, 6.45) is 0.499. The van der Waals surface area contributed by atoms with Crippen molar-refractivity contribution in [1.29, 1.82) is 5.26 Å². The third kappa shape index (κ3) is 1.92. The number of benzene rings is 1. The predicted molar refractivity (Wildman–Crippen MR) is 73.3 cm³/mol. The number of amides is 2. The van der Waals surface area contributed by atoms with Gasteiger partial charge in [0.1, 0.15) is 6.04 Å². The van der Waals surface area contributed by atoms with Gasteiger partial charge < -0.3 is 0 Å². The van der Waals surface area contributed by atoms with Crippen molar-refractivity contribution in [2.24, 2.45) is 7.05 Å². The Morgan fingerprint density at radius 1 is 1.29 bits per heavy atom. The van der Waals surface area contributed by atoms with Crippen LogP contribution in [0.5, 0.6) is 0 Å². The van der Waals surface area contributed by atoms with Gasteiger partial charge in [0.25, 0.3) is 0 Å². The molecular weight excluding hydrogens is 272 g/mol. The van der Waals surface area contributed by atoms with E-state index in [9.17, 15) is 14.4 Å². The first-order valence-corrected chi connectivity index (χ1v) is 6.47. The number of hydrogen-bond acceptors (Lipinski definition) is 4. The van der Waals surface area contributed by atoms with Crippen molar-refractivity contribution in [2.75, 3.05) is 0 Å². The van der Waals surface area contributed by atoms with Crippen LogP contribution in [0.25, 0.3) is 11.0 Å². The van der Waals surface area contributed by atoms with Crippen molar-refractivity contribution < 1.29 is 9.59 Å². The number of nitriles is 1. The average molecular weight is 284 g/mol. The highest BCUT2D eigenvalue weighted by Crippen LogP contribution is 2.23. The Morgan fingerprint density at radius 2 is 2.05 bits per heavy atom. The highest BCUT2D eigenvalue weighted by molar-refractivity contribution is 6.00. The lowest BCUT2D eigenvalue weighted by Crippen LogP contribution is -2.44. The van der Waals surface area contributed by atoms with Crippen molar-refractivity contribution in [3.63, 3.8) is 0 Å². The van der Waals surface area contributed by atoms with E-state index in [0.29, 0.717) is 23.0 Å². The van der Waals surface area contributed by atoms with E-state index in [1.807, 2.05) is 6.07 Å². The molecule has 0 spiro atoms. The maximum atomic E-state index is 12.4. The van der Waals surface area contributed by atoms with Crippen molar-refractivity contribution in [1.82, 2.24) is 14.5 Å². The van der Waals surface area contributed by atoms with Gasteiger partial charge in [-0.25, -0.2) is 4.79 Å². The van der Waals surface area contributed by atoms with E-state index in [4.69, 9.17) is 5.26 Å². The third-order valence-corrected chi connectivity index (χ3v) is 3.74. The second-order valence-electron chi connectivity index (χ2n) is 4.99. The molecule has 1 N–H and O–H groups in total. The summed E-state index contributed by atoms with van der Waals surface area (Å²) in [5, 5.41) is 11.2. The van der Waals surface area contributed by atoms with Crippen molar-refractivity contribution >= 4 is 22.8 Å². The highest BCUT2D eigenvalue weighted by atomic mass is 16.2. The molecule has 1 aliphatic rings. The Balaban J connectivity index is 2.22. The predicted octanol–water partition coefficient (Wildman–Crippen LogP) is 0.189. The lowest BCUT2D eigenvalue weighted by atomic mass is 10.1. The van der Waals surface area contributed by atoms with Gasteiger partial charge in [0.2, 0.25) is 11.8 Å². The van der Waals surface area contributed by atoms with Gasteiger partial charge in [0.05, 0.1) is 22.7 Å². The summed E-state index contributed by atoms with van der Waals surface area (Å²) in [6.45, 7) is 0. The Hall–Kier alpha value is -2.88. The first-order chi connectivity index (χ1) is 10.0. The summed E-state index contributed by atoms with van der Waals surface area (Å²) in [5.41, 5.74) is 1.27. The fourth-order valence-electron chi connectivity index (χ4n) is 2.66. The maximum Gasteiger partial charge on any atom is 0.329 e. The third-order valence-electron chi connectivity index (χ3n) is 3.74. The first-order valence-electron chi connectivity index (χ1n) is 6.47. The van der Waals surface area contributed by atoms with Gasteiger partial charge in [0.15, 0.2) is 0 Å². The van der Waals surface area contributed by atoms with Crippen molar-refractivity contribution in [3.8, 4) is 6.07 Å². The Labute approximate surface area is 119 Å². The zero-order valence-corrected chi connectivity index (χ0v) is 11.3. The summed E-state index contributed by atoms with van der Waals surface area (Å²) >= 11 is 0. The fraction of sp³-hybridized carbons (Fsp3) is 0.286. The number of imidazole rings is 1. The number of aromatic nitrogens is 2. The molecule has 106 valence electrons. The molecule has 2 amide bonds. The minimum absolute atomic E-state index is 0.204. The van der Waals surface area contributed by atoms with Gasteiger partial charge >= 0.3 is 5.69 Å². The van der Waals surface area contributed by atoms with Crippen LogP contribution in [0.3, 0.4) is 0 Å². The van der Waals surface area contributed by atoms with Gasteiger partial charge in [-0.3, -0.25) is 24.0 Å². The molecule has 2 aromatic rings. The van der Waals surface area contributed by atoms with E-state index in [0.717, 1.165) is 0 Å². The molecule has 3 rings (SSSR count). The van der Waals surface area contributed by atoms with Gasteiger partial charge in [0, 0.05) is 13.5 Å². The molecule has 1 fully saturated rings. The SMILES string of the molecule is Cn1c(=O)n(C2CCC(=O)NC2=O)c2ccc(C#N)cc21. The lowest BCUT2D eigenvalue weighted by molar-refractivity contribution is -0.135. The van der Waals surface area contributed by atoms with Gasteiger partial charge in [-0.15, -0.1) is 0 Å². The van der Waals surface area contributed by atoms with Gasteiger partial charge in [-0.05, 0) is 24.6 Å². The first kappa shape index (κ1) is 13.1. The number of piperidine rings is 1. The molecule has 7 heteroatoms. The van der Waals surface area contributed by atoms with E-state index in [1.165, 1.54) is 9.13 Å². The summed E-state index contributed by atoms with van der Waals surface area (Å²) in [4.78, 5) is 35.6. The minimum atomic E-state index is -0.702. The van der Waals surface area contributed by atoms with Crippen LogP contribution < -0.4 is 11.0 Å². The van der Waals surface area contributed by atoms with E-state index < -0.39 is 11.9 Å². The number of aryl methyl sites for hydroxylation is 1. The zero-order valence-electron chi connectivity index (χ0n) is 11.3. The molecule has 1 saturated heterocycles. The minimum Gasteiger partial charge on any atom is -0.295 e. The number of fused-ring (bicyclic) bond motifs is 1. The van der Waals surface area contributed by atoms with Crippen LogP contribution in [-0.2, 0) is 16.6 Å². The molecule has 21 heavy (non-hydrogen) atoms. The Bertz CT molecular complexity index is 869. The monoisotopic (exact) mass is 284 g/mol. The number of nitrogens with one attached hydrogen (secondary N) is 1. The molecule has 2 heterocycles. The summed E-state index contributed by atoms with van der Waals surface area (Å²) < 4.78 is 2.79. The molecular formula is C14H12N4O3. The van der Waals surface area contributed by atoms with Crippen LogP contribution in [-0.4, -0.2) is 20.9 Å². The fourth-order valence-corrected chi connectivity index (χ4v) is 2.66. The Morgan fingerprint density at radius 3 is 2.71 bits per heavy atom. The van der Waals surface area contributed by atoms with Crippen LogP contribution in [0.1, 0.15) is 24.4 Å². The Kier molecular flexibility index (Phi) is 2.87. The van der Waals surface area contributed by atoms with Crippen molar-refractivity contribution in [2.45, 2.75) is 18.9 Å². The second kappa shape index (κ2) is 4.59. The molecule has 1 aromatic carbocycles. The van der Waals surface area contributed by atoms with Crippen LogP contribution in [0.4, 0.5) is 0 Å². The lowest BCUT2D eigenvalue weighted by Gasteiger charge is -2.21. The largest absolute Gasteiger partial charge is 0.329 e. The molecule has 0 aliphatic carbocycles. The number of carbonyl (C=O) groups is 2. The number of imide groups is 1. The molecule has 1 unspecified atom stereocenters. The quantitative estimate of drug-likeness (QED) is 0.756. The normalized spacial score (nSPS) is 18.6. The average Bonchev–Trinajstić information content (AvgIpc) is 2.71. The van der Waals surface area contributed by atoms with Gasteiger partial charge in [-0.2, -0.15) is 5.26 Å². The number of carbonyl (C=O) groups excluding carboxylic acids is 2. The van der Waals surface area contributed by atoms with Crippen LogP contribution in [0.15, 0.2) is 23.0 Å². The van der Waals surface area contributed by atoms with E-state index in [2.05, 4.69) is 5.32 Å². The number of hydrogen-bond donors (Lipinski definition) is 1. The van der Waals surface area contributed by atoms with Crippen LogP contribution >= 0.6 is 0 Å². The topological polar surface area (TPSA) is 96.9 Å². The van der Waals surface area contributed by atoms with Crippen LogP contribution in [0, 0.1) is 11.3 Å². The van der Waals surface area contributed by atoms with E-state index in [-0.39, 0.29) is 18.0 Å². The summed E-state index contributed by atoms with van der Waals surface area (Å²) in [7, 11) is 1.59. The molecule has 1 aliphatic heterocycles. The summed E-state index contributed by atoms with van der Waals surface area (Å²) in [6, 6.07) is 6.18.